The first kappa shape index (κ1) is 17.4. The topological polar surface area (TPSA) is 69.6 Å². The van der Waals surface area contributed by atoms with Crippen molar-refractivity contribution in [1.29, 1.82) is 0 Å². The third-order valence-corrected chi connectivity index (χ3v) is 3.25. The summed E-state index contributed by atoms with van der Waals surface area (Å²) < 4.78 is 0. The Kier molecular flexibility index (Phi) is 8.40. The number of amides is 1. The molecule has 116 valence electrons. The van der Waals surface area contributed by atoms with Crippen molar-refractivity contribution in [3.8, 4) is 0 Å². The van der Waals surface area contributed by atoms with Crippen molar-refractivity contribution < 1.29 is 15.0 Å². The predicted molar refractivity (Wildman–Crippen MR) is 84.6 cm³/mol. The van der Waals surface area contributed by atoms with Crippen LogP contribution in [-0.4, -0.2) is 34.9 Å². The largest absolute Gasteiger partial charge is 0.394 e. The Labute approximate surface area is 126 Å². The van der Waals surface area contributed by atoms with Crippen molar-refractivity contribution >= 4 is 12.0 Å². The molecule has 0 spiro atoms. The zero-order chi connectivity index (χ0) is 15.5. The van der Waals surface area contributed by atoms with Gasteiger partial charge in [-0.05, 0) is 12.0 Å². The fraction of sp³-hybridized carbons (Fsp3) is 0.471. The Morgan fingerprint density at radius 1 is 1.29 bits per heavy atom. The molecule has 1 amide bonds. The molecular formula is C17H25NO3. The molecule has 0 aliphatic heterocycles. The monoisotopic (exact) mass is 291 g/mol. The van der Waals surface area contributed by atoms with Crippen LogP contribution in [0.4, 0.5) is 0 Å². The van der Waals surface area contributed by atoms with E-state index >= 15 is 0 Å². The lowest BCUT2D eigenvalue weighted by atomic mass is 10.1. The number of benzene rings is 1. The maximum Gasteiger partial charge on any atom is 0.220 e. The molecule has 0 aromatic heterocycles. The van der Waals surface area contributed by atoms with Gasteiger partial charge in [-0.1, -0.05) is 62.2 Å². The van der Waals surface area contributed by atoms with Crippen molar-refractivity contribution in [2.45, 2.75) is 44.8 Å². The fourth-order valence-corrected chi connectivity index (χ4v) is 1.96. The first-order valence-electron chi connectivity index (χ1n) is 7.49. The van der Waals surface area contributed by atoms with Gasteiger partial charge in [-0.25, -0.2) is 0 Å². The molecule has 0 aliphatic carbocycles. The van der Waals surface area contributed by atoms with Crippen LogP contribution >= 0.6 is 0 Å². The molecular weight excluding hydrogens is 266 g/mol. The standard InChI is InChI=1S/C17H25NO3/c1-2-3-5-10-17(21)18-15(13-19)16(20)12-11-14-8-6-4-7-9-14/h4,6-9,11-12,15-16,19-20H,2-3,5,10,13H2,1H3,(H,18,21)/b12-11+/t15-,16-/m0/s1. The molecule has 2 atom stereocenters. The fourth-order valence-electron chi connectivity index (χ4n) is 1.96. The third-order valence-electron chi connectivity index (χ3n) is 3.25. The second kappa shape index (κ2) is 10.1. The van der Waals surface area contributed by atoms with Gasteiger partial charge < -0.3 is 15.5 Å². The van der Waals surface area contributed by atoms with E-state index in [0.29, 0.717) is 6.42 Å². The maximum atomic E-state index is 11.7. The molecule has 0 saturated heterocycles. The molecule has 4 nitrogen and oxygen atoms in total. The zero-order valence-electron chi connectivity index (χ0n) is 12.5. The summed E-state index contributed by atoms with van der Waals surface area (Å²) >= 11 is 0. The predicted octanol–water partition coefficient (Wildman–Crippen LogP) is 2.12. The van der Waals surface area contributed by atoms with Crippen LogP contribution in [0.15, 0.2) is 36.4 Å². The van der Waals surface area contributed by atoms with Gasteiger partial charge in [0.05, 0.1) is 18.8 Å². The van der Waals surface area contributed by atoms with E-state index in [1.807, 2.05) is 30.3 Å². The van der Waals surface area contributed by atoms with Crippen LogP contribution in [0.1, 0.15) is 38.2 Å². The molecule has 1 rings (SSSR count). The number of rotatable bonds is 9. The second-order valence-corrected chi connectivity index (χ2v) is 5.07. The van der Waals surface area contributed by atoms with E-state index in [4.69, 9.17) is 0 Å². The van der Waals surface area contributed by atoms with Crippen molar-refractivity contribution in [3.63, 3.8) is 0 Å². The molecule has 0 aliphatic rings. The molecule has 4 heteroatoms. The van der Waals surface area contributed by atoms with E-state index in [-0.39, 0.29) is 12.5 Å². The number of carbonyl (C=O) groups excluding carboxylic acids is 1. The highest BCUT2D eigenvalue weighted by molar-refractivity contribution is 5.76. The van der Waals surface area contributed by atoms with Crippen molar-refractivity contribution in [1.82, 2.24) is 5.32 Å². The average Bonchev–Trinajstić information content (AvgIpc) is 2.51. The van der Waals surface area contributed by atoms with E-state index in [1.54, 1.807) is 12.2 Å². The molecule has 0 heterocycles. The molecule has 0 fully saturated rings. The van der Waals surface area contributed by atoms with Crippen LogP contribution in [0.5, 0.6) is 0 Å². The minimum Gasteiger partial charge on any atom is -0.394 e. The summed E-state index contributed by atoms with van der Waals surface area (Å²) in [6.07, 6.45) is 5.77. The van der Waals surface area contributed by atoms with Crippen LogP contribution in [-0.2, 0) is 4.79 Å². The quantitative estimate of drug-likeness (QED) is 0.610. The van der Waals surface area contributed by atoms with Gasteiger partial charge in [0, 0.05) is 6.42 Å². The Morgan fingerprint density at radius 3 is 2.62 bits per heavy atom. The highest BCUT2D eigenvalue weighted by atomic mass is 16.3. The number of hydrogen-bond donors (Lipinski definition) is 3. The minimum absolute atomic E-state index is 0.130. The second-order valence-electron chi connectivity index (χ2n) is 5.07. The van der Waals surface area contributed by atoms with Gasteiger partial charge in [-0.15, -0.1) is 0 Å². The number of unbranched alkanes of at least 4 members (excludes halogenated alkanes) is 2. The molecule has 1 aromatic rings. The Balaban J connectivity index is 2.47. The van der Waals surface area contributed by atoms with E-state index in [0.717, 1.165) is 24.8 Å². The molecule has 0 radical (unpaired) electrons. The summed E-state index contributed by atoms with van der Waals surface area (Å²) in [6, 6.07) is 8.90. The van der Waals surface area contributed by atoms with Crippen molar-refractivity contribution in [3.05, 3.63) is 42.0 Å². The maximum absolute atomic E-state index is 11.7. The summed E-state index contributed by atoms with van der Waals surface area (Å²) in [5.74, 6) is -0.130. The lowest BCUT2D eigenvalue weighted by Gasteiger charge is -2.19. The number of aliphatic hydroxyl groups excluding tert-OH is 2. The molecule has 0 bridgehead atoms. The summed E-state index contributed by atoms with van der Waals surface area (Å²) in [6.45, 7) is 1.78. The van der Waals surface area contributed by atoms with Crippen molar-refractivity contribution in [2.75, 3.05) is 6.61 Å². The van der Waals surface area contributed by atoms with E-state index in [9.17, 15) is 15.0 Å². The van der Waals surface area contributed by atoms with Gasteiger partial charge in [0.2, 0.25) is 5.91 Å². The van der Waals surface area contributed by atoms with Crippen LogP contribution in [0, 0.1) is 0 Å². The normalized spacial score (nSPS) is 14.0. The van der Waals surface area contributed by atoms with Crippen LogP contribution in [0.2, 0.25) is 0 Å². The SMILES string of the molecule is CCCCCC(=O)N[C@@H](CO)[C@@H](O)/C=C/c1ccccc1. The van der Waals surface area contributed by atoms with Crippen LogP contribution < -0.4 is 5.32 Å². The number of aliphatic hydroxyl groups is 2. The molecule has 21 heavy (non-hydrogen) atoms. The summed E-state index contributed by atoms with van der Waals surface area (Å²) in [5.41, 5.74) is 0.961. The number of nitrogens with one attached hydrogen (secondary N) is 1. The summed E-state index contributed by atoms with van der Waals surface area (Å²) in [4.78, 5) is 11.7. The zero-order valence-corrected chi connectivity index (χ0v) is 12.5. The summed E-state index contributed by atoms with van der Waals surface area (Å²) in [5, 5.41) is 22.0. The van der Waals surface area contributed by atoms with Crippen molar-refractivity contribution in [2.24, 2.45) is 0 Å². The first-order chi connectivity index (χ1) is 10.2. The highest BCUT2D eigenvalue weighted by Gasteiger charge is 2.17. The van der Waals surface area contributed by atoms with Gasteiger partial charge in [0.1, 0.15) is 0 Å². The van der Waals surface area contributed by atoms with Gasteiger partial charge in [0.15, 0.2) is 0 Å². The lowest BCUT2D eigenvalue weighted by molar-refractivity contribution is -0.123. The van der Waals surface area contributed by atoms with Gasteiger partial charge in [-0.3, -0.25) is 4.79 Å². The number of hydrogen-bond acceptors (Lipinski definition) is 3. The molecule has 0 unspecified atom stereocenters. The smallest absolute Gasteiger partial charge is 0.220 e. The van der Waals surface area contributed by atoms with Crippen LogP contribution in [0.3, 0.4) is 0 Å². The first-order valence-corrected chi connectivity index (χ1v) is 7.49. The molecule has 1 aromatic carbocycles. The average molecular weight is 291 g/mol. The van der Waals surface area contributed by atoms with Gasteiger partial charge in [-0.2, -0.15) is 0 Å². The van der Waals surface area contributed by atoms with Gasteiger partial charge in [0.25, 0.3) is 0 Å². The minimum atomic E-state index is -0.912. The van der Waals surface area contributed by atoms with E-state index < -0.39 is 12.1 Å². The van der Waals surface area contributed by atoms with Gasteiger partial charge >= 0.3 is 0 Å². The van der Waals surface area contributed by atoms with E-state index in [1.165, 1.54) is 0 Å². The number of carbonyl (C=O) groups is 1. The molecule has 0 saturated carbocycles. The highest BCUT2D eigenvalue weighted by Crippen LogP contribution is 2.05. The lowest BCUT2D eigenvalue weighted by Crippen LogP contribution is -2.45. The Hall–Kier alpha value is -1.65. The van der Waals surface area contributed by atoms with E-state index in [2.05, 4.69) is 12.2 Å². The summed E-state index contributed by atoms with van der Waals surface area (Å²) in [7, 11) is 0. The Morgan fingerprint density at radius 2 is 2.00 bits per heavy atom. The van der Waals surface area contributed by atoms with Crippen LogP contribution in [0.25, 0.3) is 6.08 Å². The Bertz CT molecular complexity index is 431. The third kappa shape index (κ3) is 7.06. The molecule has 3 N–H and O–H groups in total.